The molecule has 184 valence electrons. The van der Waals surface area contributed by atoms with Crippen LogP contribution in [0.15, 0.2) is 59.8 Å². The van der Waals surface area contributed by atoms with Crippen LogP contribution in [-0.2, 0) is 14.9 Å². The number of hydrogen-bond acceptors (Lipinski definition) is 5. The summed E-state index contributed by atoms with van der Waals surface area (Å²) in [6.07, 6.45) is 6.36. The molecule has 0 radical (unpaired) electrons. The molecule has 7 nitrogen and oxygen atoms in total. The van der Waals surface area contributed by atoms with E-state index in [1.807, 2.05) is 30.3 Å². The molecule has 37 heavy (non-hydrogen) atoms. The van der Waals surface area contributed by atoms with Crippen molar-refractivity contribution in [2.75, 3.05) is 11.4 Å². The van der Waals surface area contributed by atoms with Crippen LogP contribution in [0.25, 0.3) is 16.6 Å². The van der Waals surface area contributed by atoms with Gasteiger partial charge in [-0.05, 0) is 36.5 Å². The summed E-state index contributed by atoms with van der Waals surface area (Å²) in [5.74, 6) is 0.0541. The van der Waals surface area contributed by atoms with Crippen molar-refractivity contribution in [1.82, 2.24) is 9.97 Å². The van der Waals surface area contributed by atoms with Crippen LogP contribution in [0.3, 0.4) is 0 Å². The minimum absolute atomic E-state index is 0. The maximum absolute atomic E-state index is 11.0. The smallest absolute Gasteiger partial charge is 0.481 e. The summed E-state index contributed by atoms with van der Waals surface area (Å²) < 4.78 is 6.22. The van der Waals surface area contributed by atoms with Crippen LogP contribution in [0.1, 0.15) is 56.8 Å². The van der Waals surface area contributed by atoms with Gasteiger partial charge in [0.25, 0.3) is 0 Å². The average molecular weight is 505 g/mol. The van der Waals surface area contributed by atoms with Gasteiger partial charge in [-0.25, -0.2) is 4.98 Å². The predicted molar refractivity (Wildman–Crippen MR) is 139 cm³/mol. The van der Waals surface area contributed by atoms with Gasteiger partial charge in [0, 0.05) is 30.7 Å². The first-order valence-electron chi connectivity index (χ1n) is 12.6. The van der Waals surface area contributed by atoms with Gasteiger partial charge in [0.2, 0.25) is 5.90 Å². The molecular weight excluding hydrogens is 475 g/mol. The summed E-state index contributed by atoms with van der Waals surface area (Å²) in [4.78, 5) is 21.5. The van der Waals surface area contributed by atoms with Crippen molar-refractivity contribution in [3.8, 4) is 0 Å². The maximum Gasteiger partial charge on any atom is 1.00 e. The van der Waals surface area contributed by atoms with Crippen molar-refractivity contribution in [2.24, 2.45) is 0 Å². The van der Waals surface area contributed by atoms with Crippen molar-refractivity contribution in [3.63, 3.8) is 0 Å². The fraction of sp³-hybridized carbons (Fsp3) is 0.345. The van der Waals surface area contributed by atoms with Crippen LogP contribution < -0.4 is 34.5 Å². The third-order valence-electron chi connectivity index (χ3n) is 7.77. The summed E-state index contributed by atoms with van der Waals surface area (Å²) in [7, 11) is 0. The Morgan fingerprint density at radius 2 is 2.14 bits per heavy atom. The van der Waals surface area contributed by atoms with E-state index in [1.165, 1.54) is 16.9 Å². The summed E-state index contributed by atoms with van der Waals surface area (Å²) in [5.41, 5.74) is 7.01. The monoisotopic (exact) mass is 504 g/mol. The second kappa shape index (κ2) is 10.1. The predicted octanol–water partition coefficient (Wildman–Crippen LogP) is 2.60. The Hall–Kier alpha value is -2.87. The van der Waals surface area contributed by atoms with Crippen LogP contribution in [0.5, 0.6) is 0 Å². The Morgan fingerprint density at radius 1 is 1.30 bits per heavy atom. The minimum Gasteiger partial charge on any atom is -0.481 e. The molecule has 3 N–H and O–H groups in total. The number of aromatic nitrogens is 2. The van der Waals surface area contributed by atoms with Crippen LogP contribution in [0.4, 0.5) is 5.69 Å². The van der Waals surface area contributed by atoms with E-state index in [-0.39, 0.29) is 53.4 Å². The van der Waals surface area contributed by atoms with Crippen LogP contribution >= 0.6 is 0 Å². The number of fused-ring (bicyclic) bond motifs is 5. The molecule has 2 atom stereocenters. The molecule has 0 amide bonds. The molecule has 3 aliphatic heterocycles. The molecule has 0 fully saturated rings. The summed E-state index contributed by atoms with van der Waals surface area (Å²) in [5, 5.41) is 17.7. The van der Waals surface area contributed by atoms with Crippen molar-refractivity contribution >= 4 is 34.2 Å². The third-order valence-corrected chi connectivity index (χ3v) is 7.77. The van der Waals surface area contributed by atoms with E-state index >= 15 is 0 Å². The number of carbonyl (C=O) groups is 1. The number of allylic oxidation sites excluding steroid dienone is 1. The number of carboxylic acids is 1. The largest absolute Gasteiger partial charge is 1.00 e. The van der Waals surface area contributed by atoms with Gasteiger partial charge in [-0.3, -0.25) is 10.2 Å². The van der Waals surface area contributed by atoms with Gasteiger partial charge in [0.15, 0.2) is 0 Å². The Kier molecular flexibility index (Phi) is 7.05. The molecule has 3 aromatic rings. The number of imidazole rings is 1. The molecule has 0 saturated carbocycles. The molecule has 4 heterocycles. The summed E-state index contributed by atoms with van der Waals surface area (Å²) >= 11 is 0. The summed E-state index contributed by atoms with van der Waals surface area (Å²) in [6, 6.07) is 17.4. The van der Waals surface area contributed by atoms with E-state index in [2.05, 4.69) is 41.1 Å². The molecular formula is C29H29N4NaO3. The van der Waals surface area contributed by atoms with Crippen molar-refractivity contribution in [1.29, 1.82) is 5.41 Å². The van der Waals surface area contributed by atoms with Gasteiger partial charge in [0.1, 0.15) is 11.9 Å². The second-order valence-electron chi connectivity index (χ2n) is 10.1. The van der Waals surface area contributed by atoms with E-state index in [1.54, 1.807) is 0 Å². The fourth-order valence-corrected chi connectivity index (χ4v) is 6.06. The number of hydrogen-bond donors (Lipinski definition) is 3. The van der Waals surface area contributed by atoms with Gasteiger partial charge in [0.05, 0.1) is 16.6 Å². The first-order chi connectivity index (χ1) is 17.5. The molecule has 0 spiro atoms. The van der Waals surface area contributed by atoms with Gasteiger partial charge in [-0.2, -0.15) is 18.2 Å². The third kappa shape index (κ3) is 4.43. The number of para-hydroxylation sites is 2. The molecule has 2 aromatic carbocycles. The molecule has 2 unspecified atom stereocenters. The number of nitrogens with zero attached hydrogens (tertiary/aromatic N) is 2. The van der Waals surface area contributed by atoms with Crippen molar-refractivity contribution in [2.45, 2.75) is 57.0 Å². The van der Waals surface area contributed by atoms with E-state index in [4.69, 9.17) is 20.2 Å². The SMILES string of the molecule is CC1(CCCCCC(=O)O)C2=C3C=C(c4nc5ccccc5[nH]4)C(=N)OC3CCN2c2cc[c-]cc21.[Na+]. The minimum atomic E-state index is -0.738. The standard InChI is InChI=1S/C29H29N4O3.Na/c1-29(15-8-2-3-13-25(34)35)20-9-4-7-12-23(20)33-16-14-24-18(26(29)33)17-19(27(30)36-24)28-31-21-10-5-6-11-22(21)32-28;/h5-7,9-12,17,24,30H,2-3,8,13-16H2,1H3,(H,31,32)(H,34,35);/q-1;+1. The molecule has 8 heteroatoms. The number of nitrogens with one attached hydrogen (secondary N) is 2. The first-order valence-corrected chi connectivity index (χ1v) is 12.6. The van der Waals surface area contributed by atoms with Gasteiger partial charge < -0.3 is 19.7 Å². The fourth-order valence-electron chi connectivity index (χ4n) is 6.06. The second-order valence-corrected chi connectivity index (χ2v) is 10.1. The average Bonchev–Trinajstić information content (AvgIpc) is 3.41. The number of anilines is 1. The number of carboxylic acid groups (broad SMARTS) is 1. The Balaban J connectivity index is 0.00000280. The Morgan fingerprint density at radius 3 is 2.95 bits per heavy atom. The van der Waals surface area contributed by atoms with Gasteiger partial charge in [-0.1, -0.05) is 37.6 Å². The molecule has 0 saturated heterocycles. The summed E-state index contributed by atoms with van der Waals surface area (Å²) in [6.45, 7) is 3.12. The zero-order valence-corrected chi connectivity index (χ0v) is 23.3. The number of H-pyrrole nitrogens is 1. The number of aliphatic carboxylic acids is 1. The van der Waals surface area contributed by atoms with Crippen LogP contribution in [0, 0.1) is 11.5 Å². The topological polar surface area (TPSA) is 102 Å². The van der Waals surface area contributed by atoms with Gasteiger partial charge >= 0.3 is 35.5 Å². The number of rotatable bonds is 7. The number of unbranched alkanes of at least 4 members (excludes halogenated alkanes) is 2. The number of aromatic amines is 1. The maximum atomic E-state index is 11.0. The van der Waals surface area contributed by atoms with E-state index in [0.29, 0.717) is 17.8 Å². The van der Waals surface area contributed by atoms with Crippen LogP contribution in [-0.4, -0.2) is 39.6 Å². The van der Waals surface area contributed by atoms with E-state index < -0.39 is 5.97 Å². The Labute approximate surface area is 238 Å². The number of ether oxygens (including phenoxy) is 1. The first kappa shape index (κ1) is 25.8. The molecule has 3 aliphatic rings. The van der Waals surface area contributed by atoms with E-state index in [0.717, 1.165) is 48.8 Å². The normalized spacial score (nSPS) is 22.1. The van der Waals surface area contributed by atoms with Crippen LogP contribution in [0.2, 0.25) is 0 Å². The van der Waals surface area contributed by atoms with E-state index in [9.17, 15) is 4.79 Å². The molecule has 0 aliphatic carbocycles. The van der Waals surface area contributed by atoms with Gasteiger partial charge in [-0.15, -0.1) is 11.6 Å². The quantitative estimate of drug-likeness (QED) is 0.261. The molecule has 6 rings (SSSR count). The zero-order chi connectivity index (χ0) is 24.9. The zero-order valence-electron chi connectivity index (χ0n) is 21.3. The van der Waals surface area contributed by atoms with Crippen molar-refractivity contribution < 1.29 is 44.2 Å². The number of benzene rings is 2. The molecule has 0 bridgehead atoms. The molecule has 1 aromatic heterocycles. The Bertz CT molecular complexity index is 1410. The van der Waals surface area contributed by atoms with Crippen molar-refractivity contribution in [3.05, 3.63) is 77.3 Å².